The van der Waals surface area contributed by atoms with Crippen LogP contribution in [0.1, 0.15) is 5.56 Å². The minimum atomic E-state index is 0.299. The molecule has 0 heterocycles. The third-order valence-electron chi connectivity index (χ3n) is 1.45. The monoisotopic (exact) mass is 174 g/mol. The smallest absolute Gasteiger partial charge is 0.192 e. The lowest BCUT2D eigenvalue weighted by atomic mass is 10.2. The predicted molar refractivity (Wildman–Crippen MR) is 49.9 cm³/mol. The van der Waals surface area contributed by atoms with Gasteiger partial charge in [-0.2, -0.15) is 0 Å². The molecule has 0 atom stereocenters. The fraction of sp³-hybridized carbons (Fsp3) is 0.182. The van der Waals surface area contributed by atoms with Crippen LogP contribution in [0, 0.1) is 11.8 Å². The number of ether oxygens (including phenoxy) is 1. The molecule has 2 nitrogen and oxygen atoms in total. The minimum absolute atomic E-state index is 0.299. The van der Waals surface area contributed by atoms with E-state index in [1.807, 2.05) is 30.3 Å². The summed E-state index contributed by atoms with van der Waals surface area (Å²) < 4.78 is 5.19. The summed E-state index contributed by atoms with van der Waals surface area (Å²) in [5.74, 6) is 4.84. The second kappa shape index (κ2) is 5.99. The van der Waals surface area contributed by atoms with Crippen LogP contribution in [-0.4, -0.2) is 12.9 Å². The molecule has 0 bridgehead atoms. The summed E-state index contributed by atoms with van der Waals surface area (Å²) in [5.41, 5.74) is 1.11. The topological polar surface area (TPSA) is 26.3 Å². The van der Waals surface area contributed by atoms with Crippen LogP contribution < -0.4 is 0 Å². The molecule has 1 rings (SSSR count). The van der Waals surface area contributed by atoms with Gasteiger partial charge in [0, 0.05) is 0 Å². The Hall–Kier alpha value is -1.59. The Labute approximate surface area is 77.5 Å². The van der Waals surface area contributed by atoms with Gasteiger partial charge in [-0.1, -0.05) is 36.3 Å². The van der Waals surface area contributed by atoms with E-state index >= 15 is 0 Å². The lowest BCUT2D eigenvalue weighted by molar-refractivity contribution is -0.103. The molecule has 0 aromatic heterocycles. The van der Waals surface area contributed by atoms with Gasteiger partial charge in [-0.05, 0) is 11.5 Å². The first-order valence-corrected chi connectivity index (χ1v) is 3.97. The molecule has 0 unspecified atom stereocenters. The van der Waals surface area contributed by atoms with E-state index in [1.165, 1.54) is 0 Å². The van der Waals surface area contributed by atoms with Gasteiger partial charge in [-0.3, -0.25) is 4.79 Å². The van der Waals surface area contributed by atoms with E-state index < -0.39 is 0 Å². The fourth-order valence-corrected chi connectivity index (χ4v) is 0.877. The van der Waals surface area contributed by atoms with Crippen molar-refractivity contribution in [2.75, 3.05) is 6.61 Å². The second-order valence-electron chi connectivity index (χ2n) is 2.42. The fourth-order valence-electron chi connectivity index (χ4n) is 0.877. The molecule has 0 fully saturated rings. The lowest BCUT2D eigenvalue weighted by Gasteiger charge is -1.98. The molecule has 0 saturated carbocycles. The van der Waals surface area contributed by atoms with Gasteiger partial charge >= 0.3 is 0 Å². The lowest BCUT2D eigenvalue weighted by Crippen LogP contribution is -1.92. The Bertz CT molecular complexity index is 306. The standard InChI is InChI=1S/C11H10O2/c12-8-4-5-9-13-10-11-6-2-1-3-7-11/h1-3,6-8H,9-10H2. The SMILES string of the molecule is O=CC#CCOCc1ccccc1. The van der Waals surface area contributed by atoms with Crippen LogP contribution in [-0.2, 0) is 16.1 Å². The van der Waals surface area contributed by atoms with E-state index in [0.717, 1.165) is 5.56 Å². The van der Waals surface area contributed by atoms with Crippen molar-refractivity contribution in [3.63, 3.8) is 0 Å². The maximum Gasteiger partial charge on any atom is 0.192 e. The van der Waals surface area contributed by atoms with Gasteiger partial charge in [0.15, 0.2) is 6.29 Å². The molecule has 0 aliphatic heterocycles. The zero-order valence-electron chi connectivity index (χ0n) is 7.19. The molecule has 1 aromatic rings. The summed E-state index contributed by atoms with van der Waals surface area (Å²) >= 11 is 0. The average Bonchev–Trinajstić information content (AvgIpc) is 2.19. The number of carbonyl (C=O) groups is 1. The summed E-state index contributed by atoms with van der Waals surface area (Å²) in [6, 6.07) is 9.82. The van der Waals surface area contributed by atoms with E-state index in [-0.39, 0.29) is 0 Å². The molecule has 2 heteroatoms. The van der Waals surface area contributed by atoms with Crippen LogP contribution in [0.15, 0.2) is 30.3 Å². The van der Waals surface area contributed by atoms with Crippen molar-refractivity contribution in [1.29, 1.82) is 0 Å². The molecule has 13 heavy (non-hydrogen) atoms. The molecular weight excluding hydrogens is 164 g/mol. The highest BCUT2D eigenvalue weighted by molar-refractivity contribution is 5.72. The second-order valence-corrected chi connectivity index (χ2v) is 2.42. The van der Waals surface area contributed by atoms with Gasteiger partial charge in [-0.15, -0.1) is 0 Å². The number of benzene rings is 1. The highest BCUT2D eigenvalue weighted by Crippen LogP contribution is 1.99. The van der Waals surface area contributed by atoms with Gasteiger partial charge in [0.25, 0.3) is 0 Å². The molecule has 66 valence electrons. The maximum atomic E-state index is 9.81. The molecule has 0 radical (unpaired) electrons. The van der Waals surface area contributed by atoms with Crippen LogP contribution in [0.2, 0.25) is 0 Å². The zero-order chi connectivity index (χ0) is 9.36. The van der Waals surface area contributed by atoms with E-state index in [2.05, 4.69) is 11.8 Å². The molecule has 0 aliphatic rings. The molecule has 0 amide bonds. The summed E-state index contributed by atoms with van der Waals surface area (Å²) in [6.07, 6.45) is 0.561. The molecule has 0 N–H and O–H groups in total. The number of rotatable bonds is 3. The summed E-state index contributed by atoms with van der Waals surface area (Å²) in [7, 11) is 0. The van der Waals surface area contributed by atoms with Crippen molar-refractivity contribution in [3.05, 3.63) is 35.9 Å². The number of aldehydes is 1. The van der Waals surface area contributed by atoms with E-state index in [0.29, 0.717) is 19.5 Å². The summed E-state index contributed by atoms with van der Waals surface area (Å²) in [5, 5.41) is 0. The Morgan fingerprint density at radius 1 is 1.31 bits per heavy atom. The summed E-state index contributed by atoms with van der Waals surface area (Å²) in [6.45, 7) is 0.835. The van der Waals surface area contributed by atoms with Gasteiger partial charge in [0.05, 0.1) is 6.61 Å². The van der Waals surface area contributed by atoms with Crippen molar-refractivity contribution < 1.29 is 9.53 Å². The Kier molecular flexibility index (Phi) is 4.37. The van der Waals surface area contributed by atoms with E-state index in [9.17, 15) is 4.79 Å². The van der Waals surface area contributed by atoms with Crippen molar-refractivity contribution in [2.24, 2.45) is 0 Å². The van der Waals surface area contributed by atoms with Crippen LogP contribution in [0.3, 0.4) is 0 Å². The van der Waals surface area contributed by atoms with Gasteiger partial charge in [0.2, 0.25) is 0 Å². The van der Waals surface area contributed by atoms with Crippen LogP contribution in [0.5, 0.6) is 0 Å². The third kappa shape index (κ3) is 4.09. The first kappa shape index (κ1) is 9.50. The average molecular weight is 174 g/mol. The number of carbonyl (C=O) groups excluding carboxylic acids is 1. The predicted octanol–water partition coefficient (Wildman–Crippen LogP) is 1.41. The van der Waals surface area contributed by atoms with Crippen LogP contribution in [0.4, 0.5) is 0 Å². The molecule has 0 spiro atoms. The largest absolute Gasteiger partial charge is 0.364 e. The minimum Gasteiger partial charge on any atom is -0.364 e. The molecule has 0 saturated heterocycles. The number of hydrogen-bond acceptors (Lipinski definition) is 2. The highest BCUT2D eigenvalue weighted by atomic mass is 16.5. The maximum absolute atomic E-state index is 9.81. The van der Waals surface area contributed by atoms with Crippen LogP contribution >= 0.6 is 0 Å². The molecular formula is C11H10O2. The van der Waals surface area contributed by atoms with E-state index in [4.69, 9.17) is 4.74 Å². The Morgan fingerprint density at radius 3 is 2.77 bits per heavy atom. The zero-order valence-corrected chi connectivity index (χ0v) is 7.19. The van der Waals surface area contributed by atoms with Crippen molar-refractivity contribution in [3.8, 4) is 11.8 Å². The van der Waals surface area contributed by atoms with Gasteiger partial charge in [0.1, 0.15) is 6.61 Å². The first-order chi connectivity index (χ1) is 6.43. The normalized spacial score (nSPS) is 8.62. The third-order valence-corrected chi connectivity index (χ3v) is 1.45. The number of hydrogen-bond donors (Lipinski definition) is 0. The Balaban J connectivity index is 2.24. The van der Waals surface area contributed by atoms with E-state index in [1.54, 1.807) is 0 Å². The van der Waals surface area contributed by atoms with Gasteiger partial charge < -0.3 is 4.74 Å². The van der Waals surface area contributed by atoms with Crippen LogP contribution in [0.25, 0.3) is 0 Å². The quantitative estimate of drug-likeness (QED) is 0.393. The molecule has 0 aliphatic carbocycles. The van der Waals surface area contributed by atoms with Gasteiger partial charge in [-0.25, -0.2) is 0 Å². The summed E-state index contributed by atoms with van der Waals surface area (Å²) in [4.78, 5) is 9.81. The Morgan fingerprint density at radius 2 is 2.08 bits per heavy atom. The van der Waals surface area contributed by atoms with Crippen molar-refractivity contribution >= 4 is 6.29 Å². The highest BCUT2D eigenvalue weighted by Gasteiger charge is 1.88. The first-order valence-electron chi connectivity index (χ1n) is 3.97. The van der Waals surface area contributed by atoms with Crippen molar-refractivity contribution in [1.82, 2.24) is 0 Å². The molecule has 1 aromatic carbocycles. The van der Waals surface area contributed by atoms with Crippen molar-refractivity contribution in [2.45, 2.75) is 6.61 Å².